The molecule has 0 saturated carbocycles. The van der Waals surface area contributed by atoms with Crippen LogP contribution in [0.3, 0.4) is 0 Å². The zero-order chi connectivity index (χ0) is 12.0. The zero-order valence-corrected chi connectivity index (χ0v) is 8.69. The van der Waals surface area contributed by atoms with Gasteiger partial charge in [0.25, 0.3) is 0 Å². The molecule has 1 radical (unpaired) electrons. The van der Waals surface area contributed by atoms with E-state index >= 15 is 0 Å². The fraction of sp³-hybridized carbons (Fsp3) is 0. The Kier molecular flexibility index (Phi) is 1700. The van der Waals surface area contributed by atoms with Crippen LogP contribution in [0.15, 0.2) is 0 Å². The van der Waals surface area contributed by atoms with Crippen LogP contribution in [0.2, 0.25) is 0 Å². The van der Waals surface area contributed by atoms with E-state index in [1.165, 1.54) is 0 Å². The van der Waals surface area contributed by atoms with Crippen molar-refractivity contribution >= 4 is 0 Å². The third kappa shape index (κ3) is 190. The molecule has 0 saturated heterocycles. The van der Waals surface area contributed by atoms with Crippen molar-refractivity contribution in [3.05, 3.63) is 0 Å². The Morgan fingerprint density at radius 1 is 0.357 bits per heavy atom. The summed E-state index contributed by atoms with van der Waals surface area (Å²) in [6, 6.07) is 0. The van der Waals surface area contributed by atoms with E-state index in [-0.39, 0.29) is 33.6 Å². The summed E-state index contributed by atoms with van der Waals surface area (Å²) >= 11 is 0. The Balaban J connectivity index is -0.00000000500. The van der Waals surface area contributed by atoms with Crippen LogP contribution >= 0.6 is 0 Å². The topological polar surface area (TPSA) is 143 Å². The van der Waals surface area contributed by atoms with Crippen LogP contribution in [0.1, 0.15) is 0 Å². The smallest absolute Gasteiger partial charge is 0.0462 e. The van der Waals surface area contributed by atoms with Gasteiger partial charge in [-0.05, 0) is 0 Å². The monoisotopic (exact) mass is 283 g/mol. The van der Waals surface area contributed by atoms with Gasteiger partial charge in [0.1, 0.15) is 0 Å². The average Bonchev–Trinajstić information content (AvgIpc) is 2.33. The largest absolute Gasteiger partial charge is 0.202 e. The van der Waals surface area contributed by atoms with Crippen LogP contribution in [-0.2, 0) is 33.6 Å². The van der Waals surface area contributed by atoms with Crippen molar-refractivity contribution in [2.45, 2.75) is 0 Å². The van der Waals surface area contributed by atoms with Crippen LogP contribution in [0.25, 0.3) is 0 Å². The predicted octanol–water partition coefficient (Wildman–Crippen LogP) is 0.834. The van der Waals surface area contributed by atoms with E-state index in [1.54, 1.807) is 0 Å². The van der Waals surface area contributed by atoms with Gasteiger partial charge in [-0.2, -0.15) is 0 Å². The Labute approximate surface area is 105 Å². The molecule has 81 valence electrons. The Bertz CT molecular complexity index is 97.3. The first-order chi connectivity index (χ1) is 6.00. The number of hydrogen-bond acceptors (Lipinski definition) is 6. The van der Waals surface area contributed by atoms with E-state index in [2.05, 4.69) is 39.4 Å². The summed E-state index contributed by atoms with van der Waals surface area (Å²) in [6.07, 6.45) is 0. The molecular formula is C6H6CuN6Ni. The molecule has 0 spiro atoms. The summed E-state index contributed by atoms with van der Waals surface area (Å²) in [5.74, 6) is 0. The summed E-state index contributed by atoms with van der Waals surface area (Å²) in [6.45, 7) is 21.0. The molecule has 0 fully saturated rings. The number of nitriles is 6. The molecule has 0 aromatic carbocycles. The van der Waals surface area contributed by atoms with Gasteiger partial charge >= 0.3 is 0 Å². The van der Waals surface area contributed by atoms with Crippen molar-refractivity contribution in [3.63, 3.8) is 0 Å². The molecule has 0 N–H and O–H groups in total. The van der Waals surface area contributed by atoms with Crippen LogP contribution < -0.4 is 0 Å². The minimum atomic E-state index is 0. The summed E-state index contributed by atoms with van der Waals surface area (Å²) in [4.78, 5) is 0. The van der Waals surface area contributed by atoms with Crippen molar-refractivity contribution < 1.29 is 33.6 Å². The summed E-state index contributed by atoms with van der Waals surface area (Å²) < 4.78 is 0. The molecule has 0 aromatic heterocycles. The molecule has 0 aliphatic heterocycles. The van der Waals surface area contributed by atoms with Gasteiger partial charge in [0.15, 0.2) is 0 Å². The molecule has 0 aliphatic carbocycles. The maximum Gasteiger partial charge on any atom is 0.0462 e. The van der Waals surface area contributed by atoms with Gasteiger partial charge in [-0.15, -0.1) is 0 Å². The van der Waals surface area contributed by atoms with E-state index in [0.717, 1.165) is 0 Å². The first-order valence-electron chi connectivity index (χ1n) is 1.55. The molecular weight excluding hydrogens is 278 g/mol. The van der Waals surface area contributed by atoms with E-state index in [0.29, 0.717) is 0 Å². The fourth-order valence-corrected chi connectivity index (χ4v) is 0. The molecule has 0 aliphatic rings. The van der Waals surface area contributed by atoms with Crippen LogP contribution in [0.4, 0.5) is 0 Å². The minimum Gasteiger partial charge on any atom is -0.202 e. The van der Waals surface area contributed by atoms with Crippen LogP contribution in [-0.4, -0.2) is 0 Å². The van der Waals surface area contributed by atoms with E-state index in [1.807, 2.05) is 0 Å². The van der Waals surface area contributed by atoms with Gasteiger partial charge in [-0.1, -0.05) is 0 Å². The van der Waals surface area contributed by atoms with Crippen LogP contribution in [0, 0.1) is 71.0 Å². The normalized spacial score (nSPS) is 0.857. The summed E-state index contributed by atoms with van der Waals surface area (Å²) in [5.41, 5.74) is 0. The second-order valence-electron chi connectivity index (χ2n) is 0. The molecule has 0 amide bonds. The van der Waals surface area contributed by atoms with Gasteiger partial charge in [0.05, 0.1) is 0 Å². The maximum atomic E-state index is 6.50. The summed E-state index contributed by atoms with van der Waals surface area (Å²) in [7, 11) is 0. The predicted molar refractivity (Wildman–Crippen MR) is 40.0 cm³/mol. The number of nitrogens with zero attached hydrogens (tertiary/aromatic N) is 6. The molecule has 0 atom stereocenters. The maximum absolute atomic E-state index is 6.50. The molecule has 6 nitrogen and oxygen atoms in total. The van der Waals surface area contributed by atoms with Gasteiger partial charge < -0.3 is 0 Å². The summed E-state index contributed by atoms with van der Waals surface area (Å²) in [5, 5.41) is 39.0. The molecule has 14 heavy (non-hydrogen) atoms. The van der Waals surface area contributed by atoms with Gasteiger partial charge in [0.2, 0.25) is 0 Å². The van der Waals surface area contributed by atoms with E-state index in [9.17, 15) is 0 Å². The SMILES string of the molecule is C#N.C#N.C#N.C#N.C#N.C#N.[Cu].[Ni]. The van der Waals surface area contributed by atoms with Crippen molar-refractivity contribution in [1.82, 2.24) is 0 Å². The van der Waals surface area contributed by atoms with Crippen molar-refractivity contribution in [1.29, 1.82) is 31.6 Å². The van der Waals surface area contributed by atoms with E-state index in [4.69, 9.17) is 31.6 Å². The standard InChI is InChI=1S/6CHN.Cu.Ni/c6*1-2;;/h6*1H;;. The van der Waals surface area contributed by atoms with Crippen LogP contribution in [0.5, 0.6) is 0 Å². The molecule has 0 rings (SSSR count). The van der Waals surface area contributed by atoms with Crippen molar-refractivity contribution in [3.8, 4) is 39.4 Å². The quantitative estimate of drug-likeness (QED) is 0.603. The first kappa shape index (κ1) is 91.8. The third-order valence-corrected chi connectivity index (χ3v) is 0. The number of hydrogen-bond donors (Lipinski definition) is 0. The molecule has 0 aromatic rings. The third-order valence-electron chi connectivity index (χ3n) is 0. The second kappa shape index (κ2) is 259. The second-order valence-corrected chi connectivity index (χ2v) is 0. The number of rotatable bonds is 0. The van der Waals surface area contributed by atoms with Gasteiger partial charge in [0, 0.05) is 73.0 Å². The van der Waals surface area contributed by atoms with Gasteiger partial charge in [-0.25, -0.2) is 31.6 Å². The minimum absolute atomic E-state index is 0. The van der Waals surface area contributed by atoms with Crippen molar-refractivity contribution in [2.24, 2.45) is 0 Å². The Morgan fingerprint density at radius 2 is 0.357 bits per heavy atom. The first-order valence-corrected chi connectivity index (χ1v) is 1.55. The van der Waals surface area contributed by atoms with Gasteiger partial charge in [-0.3, -0.25) is 0 Å². The molecule has 8 heteroatoms. The molecule has 0 bridgehead atoms. The Morgan fingerprint density at radius 3 is 0.357 bits per heavy atom. The fourth-order valence-electron chi connectivity index (χ4n) is 0. The Hall–Kier alpha value is -2.05. The molecule has 0 heterocycles. The van der Waals surface area contributed by atoms with Crippen molar-refractivity contribution in [2.75, 3.05) is 0 Å². The molecule has 0 unspecified atom stereocenters. The average molecular weight is 284 g/mol. The zero-order valence-electron chi connectivity index (χ0n) is 6.77. The van der Waals surface area contributed by atoms with E-state index < -0.39 is 0 Å².